The minimum atomic E-state index is 0.127. The summed E-state index contributed by atoms with van der Waals surface area (Å²) in [4.78, 5) is 13.6. The smallest absolute Gasteiger partial charge is 0.148 e. The van der Waals surface area contributed by atoms with Gasteiger partial charge in [-0.15, -0.1) is 11.3 Å². The summed E-state index contributed by atoms with van der Waals surface area (Å²) in [6.45, 7) is 0.169. The molecular formula is C18H16N8OS. The Labute approximate surface area is 163 Å². The SMILES string of the molecule is COc1cnc2c(NCC(=N)n3nc(-c4cncs4)ccc3=N)ccnc2c1. The number of pyridine rings is 2. The number of hydrogen-bond acceptors (Lipinski definition) is 9. The Hall–Kier alpha value is -3.66. The van der Waals surface area contributed by atoms with Crippen LogP contribution in [0.2, 0.25) is 0 Å². The first-order valence-corrected chi connectivity index (χ1v) is 9.18. The van der Waals surface area contributed by atoms with E-state index in [-0.39, 0.29) is 17.9 Å². The highest BCUT2D eigenvalue weighted by Gasteiger charge is 2.09. The van der Waals surface area contributed by atoms with Crippen LogP contribution >= 0.6 is 11.3 Å². The minimum absolute atomic E-state index is 0.127. The maximum absolute atomic E-state index is 8.36. The Balaban J connectivity index is 1.58. The first-order chi connectivity index (χ1) is 13.7. The van der Waals surface area contributed by atoms with Crippen molar-refractivity contribution in [2.45, 2.75) is 0 Å². The summed E-state index contributed by atoms with van der Waals surface area (Å²) in [6.07, 6.45) is 5.00. The molecule has 0 spiro atoms. The predicted octanol–water partition coefficient (Wildman–Crippen LogP) is 2.38. The van der Waals surface area contributed by atoms with Crippen molar-refractivity contribution in [1.29, 1.82) is 10.8 Å². The van der Waals surface area contributed by atoms with E-state index >= 15 is 0 Å². The van der Waals surface area contributed by atoms with Crippen LogP contribution in [-0.2, 0) is 0 Å². The largest absolute Gasteiger partial charge is 0.495 e. The van der Waals surface area contributed by atoms with E-state index in [4.69, 9.17) is 15.6 Å². The van der Waals surface area contributed by atoms with Crippen molar-refractivity contribution in [3.63, 3.8) is 0 Å². The molecule has 28 heavy (non-hydrogen) atoms. The molecule has 0 fully saturated rings. The quantitative estimate of drug-likeness (QED) is 0.354. The molecule has 4 aromatic rings. The summed E-state index contributed by atoms with van der Waals surface area (Å²) in [6, 6.07) is 6.96. The molecule has 0 aliphatic carbocycles. The minimum Gasteiger partial charge on any atom is -0.495 e. The van der Waals surface area contributed by atoms with Gasteiger partial charge in [-0.25, -0.2) is 4.98 Å². The summed E-state index contributed by atoms with van der Waals surface area (Å²) in [7, 11) is 1.58. The van der Waals surface area contributed by atoms with Crippen molar-refractivity contribution >= 4 is 33.9 Å². The molecule has 0 radical (unpaired) electrons. The van der Waals surface area contributed by atoms with Crippen LogP contribution in [0.3, 0.4) is 0 Å². The number of anilines is 1. The molecule has 0 unspecified atom stereocenters. The third-order valence-electron chi connectivity index (χ3n) is 4.01. The molecule has 0 aliphatic rings. The van der Waals surface area contributed by atoms with Gasteiger partial charge in [-0.2, -0.15) is 9.78 Å². The van der Waals surface area contributed by atoms with Crippen LogP contribution in [0.1, 0.15) is 0 Å². The van der Waals surface area contributed by atoms with Gasteiger partial charge in [0.1, 0.15) is 28.3 Å². The fourth-order valence-corrected chi connectivity index (χ4v) is 3.21. The van der Waals surface area contributed by atoms with E-state index in [1.165, 1.54) is 16.0 Å². The van der Waals surface area contributed by atoms with Gasteiger partial charge in [0, 0.05) is 18.5 Å². The first-order valence-electron chi connectivity index (χ1n) is 8.30. The van der Waals surface area contributed by atoms with Crippen LogP contribution in [0.25, 0.3) is 21.6 Å². The Morgan fingerprint density at radius 3 is 2.93 bits per heavy atom. The van der Waals surface area contributed by atoms with E-state index in [9.17, 15) is 0 Å². The lowest BCUT2D eigenvalue weighted by Gasteiger charge is -2.12. The van der Waals surface area contributed by atoms with Gasteiger partial charge < -0.3 is 10.1 Å². The second kappa shape index (κ2) is 7.53. The number of fused-ring (bicyclic) bond motifs is 1. The predicted molar refractivity (Wildman–Crippen MR) is 107 cm³/mol. The zero-order valence-corrected chi connectivity index (χ0v) is 15.7. The molecule has 4 heterocycles. The molecule has 4 aromatic heterocycles. The molecule has 0 aliphatic heterocycles. The van der Waals surface area contributed by atoms with Crippen LogP contribution in [0, 0.1) is 10.8 Å². The Bertz CT molecular complexity index is 1200. The van der Waals surface area contributed by atoms with Crippen LogP contribution in [-0.4, -0.2) is 44.2 Å². The number of ether oxygens (including phenoxy) is 1. The van der Waals surface area contributed by atoms with Crippen molar-refractivity contribution in [1.82, 2.24) is 24.7 Å². The molecule has 10 heteroatoms. The van der Waals surface area contributed by atoms with Gasteiger partial charge >= 0.3 is 0 Å². The first kappa shape index (κ1) is 17.7. The molecule has 0 atom stereocenters. The molecule has 0 bridgehead atoms. The third-order valence-corrected chi connectivity index (χ3v) is 4.81. The van der Waals surface area contributed by atoms with Crippen molar-refractivity contribution < 1.29 is 4.74 Å². The van der Waals surface area contributed by atoms with Gasteiger partial charge in [0.05, 0.1) is 41.4 Å². The van der Waals surface area contributed by atoms with Crippen LogP contribution in [0.4, 0.5) is 5.69 Å². The molecule has 3 N–H and O–H groups in total. The Morgan fingerprint density at radius 1 is 1.25 bits per heavy atom. The molecule has 9 nitrogen and oxygen atoms in total. The van der Waals surface area contributed by atoms with Crippen molar-refractivity contribution in [2.75, 3.05) is 19.0 Å². The normalized spacial score (nSPS) is 10.8. The van der Waals surface area contributed by atoms with Crippen molar-refractivity contribution in [3.05, 3.63) is 53.9 Å². The number of aromatic nitrogens is 5. The van der Waals surface area contributed by atoms with Crippen molar-refractivity contribution in [3.8, 4) is 16.3 Å². The number of methoxy groups -OCH3 is 1. The van der Waals surface area contributed by atoms with Crippen molar-refractivity contribution in [2.24, 2.45) is 0 Å². The second-order valence-corrected chi connectivity index (χ2v) is 6.67. The maximum atomic E-state index is 8.36. The highest BCUT2D eigenvalue weighted by molar-refractivity contribution is 7.13. The lowest BCUT2D eigenvalue weighted by Crippen LogP contribution is -2.33. The summed E-state index contributed by atoms with van der Waals surface area (Å²) in [5, 5.41) is 24.0. The van der Waals surface area contributed by atoms with Gasteiger partial charge in [-0.1, -0.05) is 0 Å². The number of thiazole rings is 1. The van der Waals surface area contributed by atoms with E-state index in [1.807, 2.05) is 0 Å². The molecule has 0 aromatic carbocycles. The number of hydrogen-bond donors (Lipinski definition) is 3. The lowest BCUT2D eigenvalue weighted by atomic mass is 10.2. The van der Waals surface area contributed by atoms with Gasteiger partial charge in [0.15, 0.2) is 0 Å². The fraction of sp³-hybridized carbons (Fsp3) is 0.111. The van der Waals surface area contributed by atoms with Gasteiger partial charge in [0.25, 0.3) is 0 Å². The highest BCUT2D eigenvalue weighted by atomic mass is 32.1. The molecule has 0 saturated heterocycles. The summed E-state index contributed by atoms with van der Waals surface area (Å²) >= 11 is 1.46. The maximum Gasteiger partial charge on any atom is 0.148 e. The third kappa shape index (κ3) is 3.45. The average molecular weight is 392 g/mol. The zero-order chi connectivity index (χ0) is 19.5. The van der Waals surface area contributed by atoms with Gasteiger partial charge in [0.2, 0.25) is 0 Å². The van der Waals surface area contributed by atoms with E-state index in [0.29, 0.717) is 22.5 Å². The van der Waals surface area contributed by atoms with Crippen LogP contribution in [0.15, 0.2) is 48.4 Å². The number of nitrogens with zero attached hydrogens (tertiary/aromatic N) is 5. The molecule has 0 amide bonds. The van der Waals surface area contributed by atoms with Crippen LogP contribution < -0.4 is 15.5 Å². The van der Waals surface area contributed by atoms with Gasteiger partial charge in [-0.05, 0) is 18.2 Å². The summed E-state index contributed by atoms with van der Waals surface area (Å²) in [5.41, 5.74) is 4.63. The summed E-state index contributed by atoms with van der Waals surface area (Å²) < 4.78 is 6.47. The van der Waals surface area contributed by atoms with E-state index in [2.05, 4.69) is 25.4 Å². The second-order valence-electron chi connectivity index (χ2n) is 5.78. The monoisotopic (exact) mass is 392 g/mol. The zero-order valence-electron chi connectivity index (χ0n) is 14.9. The standard InChI is InChI=1S/C18H16N8OS/c1-27-11-6-14-18(24-7-11)13(4-5-22-14)23-9-17(20)26-16(19)3-2-12(25-26)15-8-21-10-28-15/h2-8,10,19-20H,9H2,1H3,(H,22,23). The average Bonchev–Trinajstić information content (AvgIpc) is 3.26. The summed E-state index contributed by atoms with van der Waals surface area (Å²) in [5.74, 6) is 0.762. The Kier molecular flexibility index (Phi) is 4.77. The molecular weight excluding hydrogens is 376 g/mol. The van der Waals surface area contributed by atoms with E-state index < -0.39 is 0 Å². The van der Waals surface area contributed by atoms with E-state index in [0.717, 1.165) is 10.6 Å². The topological polar surface area (TPSA) is 125 Å². The van der Waals surface area contributed by atoms with Crippen LogP contribution in [0.5, 0.6) is 5.75 Å². The number of nitrogens with one attached hydrogen (secondary N) is 3. The highest BCUT2D eigenvalue weighted by Crippen LogP contribution is 2.22. The molecule has 140 valence electrons. The van der Waals surface area contributed by atoms with Gasteiger partial charge in [-0.3, -0.25) is 20.8 Å². The molecule has 0 saturated carbocycles. The number of rotatable bonds is 5. The Morgan fingerprint density at radius 2 is 2.14 bits per heavy atom. The van der Waals surface area contributed by atoms with E-state index in [1.54, 1.807) is 55.5 Å². The molecule has 4 rings (SSSR count). The lowest BCUT2D eigenvalue weighted by molar-refractivity contribution is 0.413. The fourth-order valence-electron chi connectivity index (χ4n) is 2.62.